The highest BCUT2D eigenvalue weighted by atomic mass is 16.3. The molecule has 1 rings (SSSR count). The molecule has 0 aliphatic heterocycles. The zero-order valence-corrected chi connectivity index (χ0v) is 13.2. The average Bonchev–Trinajstić information content (AvgIpc) is 2.27. The van der Waals surface area contributed by atoms with Crippen LogP contribution in [0, 0.1) is 5.92 Å². The number of benzene rings is 1. The standard InChI is InChI=1S/C17H29NO/c1-13(2)11-18-12-17(6,19)15-9-7-14(8-10-15)16(3,4)5/h7-10,13,18-19H,11-12H2,1-6H3. The molecule has 0 aromatic heterocycles. The molecule has 1 unspecified atom stereocenters. The Bertz CT molecular complexity index is 385. The predicted molar refractivity (Wildman–Crippen MR) is 82.4 cm³/mol. The fourth-order valence-electron chi connectivity index (χ4n) is 2.04. The fraction of sp³-hybridized carbons (Fsp3) is 0.647. The van der Waals surface area contributed by atoms with Gasteiger partial charge in [-0.2, -0.15) is 0 Å². The molecule has 0 heterocycles. The summed E-state index contributed by atoms with van der Waals surface area (Å²) in [6, 6.07) is 8.31. The van der Waals surface area contributed by atoms with Gasteiger partial charge < -0.3 is 10.4 Å². The lowest BCUT2D eigenvalue weighted by molar-refractivity contribution is 0.0564. The second-order valence-electron chi connectivity index (χ2n) is 7.13. The van der Waals surface area contributed by atoms with Crippen LogP contribution in [0.5, 0.6) is 0 Å². The molecule has 108 valence electrons. The van der Waals surface area contributed by atoms with Crippen molar-refractivity contribution in [2.45, 2.75) is 52.6 Å². The first-order valence-corrected chi connectivity index (χ1v) is 7.17. The molecule has 0 aliphatic carbocycles. The Labute approximate surface area is 118 Å². The van der Waals surface area contributed by atoms with E-state index in [0.29, 0.717) is 12.5 Å². The van der Waals surface area contributed by atoms with Crippen LogP contribution in [0.1, 0.15) is 52.7 Å². The van der Waals surface area contributed by atoms with E-state index < -0.39 is 5.60 Å². The van der Waals surface area contributed by atoms with Crippen LogP contribution in [0.2, 0.25) is 0 Å². The Morgan fingerprint density at radius 1 is 1.00 bits per heavy atom. The highest BCUT2D eigenvalue weighted by Gasteiger charge is 2.23. The second kappa shape index (κ2) is 6.06. The highest BCUT2D eigenvalue weighted by molar-refractivity contribution is 5.30. The summed E-state index contributed by atoms with van der Waals surface area (Å²) in [6.07, 6.45) is 0. The maximum absolute atomic E-state index is 10.5. The Hall–Kier alpha value is -0.860. The van der Waals surface area contributed by atoms with E-state index in [2.05, 4.69) is 52.1 Å². The number of hydrogen-bond acceptors (Lipinski definition) is 2. The van der Waals surface area contributed by atoms with Crippen molar-refractivity contribution in [2.24, 2.45) is 5.92 Å². The molecule has 1 aromatic rings. The Kier molecular flexibility index (Phi) is 5.17. The first kappa shape index (κ1) is 16.2. The molecule has 0 saturated heterocycles. The second-order valence-corrected chi connectivity index (χ2v) is 7.13. The van der Waals surface area contributed by atoms with Gasteiger partial charge in [-0.1, -0.05) is 58.9 Å². The number of rotatable bonds is 5. The minimum Gasteiger partial charge on any atom is -0.384 e. The molecule has 0 radical (unpaired) electrons. The third-order valence-electron chi connectivity index (χ3n) is 3.39. The van der Waals surface area contributed by atoms with E-state index >= 15 is 0 Å². The van der Waals surface area contributed by atoms with Crippen molar-refractivity contribution in [3.63, 3.8) is 0 Å². The van der Waals surface area contributed by atoms with E-state index in [0.717, 1.165) is 12.1 Å². The van der Waals surface area contributed by atoms with Gasteiger partial charge in [-0.05, 0) is 35.9 Å². The maximum Gasteiger partial charge on any atom is 0.0992 e. The lowest BCUT2D eigenvalue weighted by Gasteiger charge is -2.26. The minimum atomic E-state index is -0.814. The van der Waals surface area contributed by atoms with Crippen molar-refractivity contribution < 1.29 is 5.11 Å². The lowest BCUT2D eigenvalue weighted by atomic mass is 9.85. The maximum atomic E-state index is 10.5. The van der Waals surface area contributed by atoms with E-state index in [-0.39, 0.29) is 5.41 Å². The fourth-order valence-corrected chi connectivity index (χ4v) is 2.04. The number of aliphatic hydroxyl groups is 1. The largest absolute Gasteiger partial charge is 0.384 e. The topological polar surface area (TPSA) is 32.3 Å². The van der Waals surface area contributed by atoms with Gasteiger partial charge in [-0.15, -0.1) is 0 Å². The molecular weight excluding hydrogens is 234 g/mol. The third kappa shape index (κ3) is 4.96. The van der Waals surface area contributed by atoms with Crippen LogP contribution in [-0.2, 0) is 11.0 Å². The van der Waals surface area contributed by atoms with Crippen LogP contribution in [0.4, 0.5) is 0 Å². The van der Waals surface area contributed by atoms with Crippen molar-refractivity contribution >= 4 is 0 Å². The van der Waals surface area contributed by atoms with E-state index in [9.17, 15) is 5.11 Å². The van der Waals surface area contributed by atoms with Crippen molar-refractivity contribution in [3.8, 4) is 0 Å². The summed E-state index contributed by atoms with van der Waals surface area (Å²) in [5, 5.41) is 13.8. The van der Waals surface area contributed by atoms with Crippen LogP contribution in [0.3, 0.4) is 0 Å². The van der Waals surface area contributed by atoms with Crippen molar-refractivity contribution in [2.75, 3.05) is 13.1 Å². The highest BCUT2D eigenvalue weighted by Crippen LogP contribution is 2.26. The first-order chi connectivity index (χ1) is 8.63. The van der Waals surface area contributed by atoms with Gasteiger partial charge in [0, 0.05) is 6.54 Å². The van der Waals surface area contributed by atoms with E-state index in [1.54, 1.807) is 0 Å². The summed E-state index contributed by atoms with van der Waals surface area (Å²) in [5.74, 6) is 0.596. The Balaban J connectivity index is 2.73. The summed E-state index contributed by atoms with van der Waals surface area (Å²) >= 11 is 0. The normalized spacial score (nSPS) is 15.6. The molecule has 1 aromatic carbocycles. The van der Waals surface area contributed by atoms with Crippen molar-refractivity contribution in [3.05, 3.63) is 35.4 Å². The lowest BCUT2D eigenvalue weighted by Crippen LogP contribution is -2.37. The van der Waals surface area contributed by atoms with Gasteiger partial charge in [0.05, 0.1) is 5.60 Å². The Morgan fingerprint density at radius 3 is 1.89 bits per heavy atom. The number of nitrogens with one attached hydrogen (secondary N) is 1. The quantitative estimate of drug-likeness (QED) is 0.853. The molecule has 19 heavy (non-hydrogen) atoms. The zero-order chi connectivity index (χ0) is 14.7. The molecule has 0 bridgehead atoms. The van der Waals surface area contributed by atoms with Gasteiger partial charge in [0.2, 0.25) is 0 Å². The van der Waals surface area contributed by atoms with Crippen LogP contribution < -0.4 is 5.32 Å². The van der Waals surface area contributed by atoms with Gasteiger partial charge in [0.15, 0.2) is 0 Å². The molecule has 0 fully saturated rings. The van der Waals surface area contributed by atoms with Crippen LogP contribution >= 0.6 is 0 Å². The number of hydrogen-bond donors (Lipinski definition) is 2. The monoisotopic (exact) mass is 263 g/mol. The smallest absolute Gasteiger partial charge is 0.0992 e. The van der Waals surface area contributed by atoms with Gasteiger partial charge in [0.1, 0.15) is 0 Å². The minimum absolute atomic E-state index is 0.153. The van der Waals surface area contributed by atoms with Crippen LogP contribution in [0.15, 0.2) is 24.3 Å². The summed E-state index contributed by atoms with van der Waals surface area (Å²) < 4.78 is 0. The molecule has 0 aliphatic rings. The molecule has 1 atom stereocenters. The average molecular weight is 263 g/mol. The van der Waals surface area contributed by atoms with Gasteiger partial charge in [0.25, 0.3) is 0 Å². The molecule has 0 saturated carbocycles. The molecule has 0 spiro atoms. The van der Waals surface area contributed by atoms with Crippen molar-refractivity contribution in [1.29, 1.82) is 0 Å². The summed E-state index contributed by atoms with van der Waals surface area (Å²) in [6.45, 7) is 14.3. The van der Waals surface area contributed by atoms with E-state index in [1.807, 2.05) is 19.1 Å². The summed E-state index contributed by atoms with van der Waals surface area (Å²) in [7, 11) is 0. The van der Waals surface area contributed by atoms with E-state index in [4.69, 9.17) is 0 Å². The van der Waals surface area contributed by atoms with Crippen molar-refractivity contribution in [1.82, 2.24) is 5.32 Å². The zero-order valence-electron chi connectivity index (χ0n) is 13.2. The van der Waals surface area contributed by atoms with Crippen LogP contribution in [-0.4, -0.2) is 18.2 Å². The van der Waals surface area contributed by atoms with Gasteiger partial charge in [-0.3, -0.25) is 0 Å². The third-order valence-corrected chi connectivity index (χ3v) is 3.39. The predicted octanol–water partition coefficient (Wildman–Crippen LogP) is 3.44. The molecule has 0 amide bonds. The SMILES string of the molecule is CC(C)CNCC(C)(O)c1ccc(C(C)(C)C)cc1. The molecular formula is C17H29NO. The van der Waals surface area contributed by atoms with E-state index in [1.165, 1.54) is 5.56 Å². The Morgan fingerprint density at radius 2 is 1.47 bits per heavy atom. The van der Waals surface area contributed by atoms with Crippen LogP contribution in [0.25, 0.3) is 0 Å². The molecule has 2 nitrogen and oxygen atoms in total. The molecule has 2 N–H and O–H groups in total. The van der Waals surface area contributed by atoms with Gasteiger partial charge in [-0.25, -0.2) is 0 Å². The summed E-state index contributed by atoms with van der Waals surface area (Å²) in [4.78, 5) is 0. The van der Waals surface area contributed by atoms with Gasteiger partial charge >= 0.3 is 0 Å². The summed E-state index contributed by atoms with van der Waals surface area (Å²) in [5.41, 5.74) is 1.60. The first-order valence-electron chi connectivity index (χ1n) is 7.17. The molecule has 2 heteroatoms.